The molecule has 2 aliphatic rings. The molecule has 4 aromatic rings. The maximum absolute atomic E-state index is 14.1. The number of hydrogen-bond acceptors (Lipinski definition) is 7. The predicted molar refractivity (Wildman–Crippen MR) is 178 cm³/mol. The molecule has 12 heteroatoms. The van der Waals surface area contributed by atoms with Crippen molar-refractivity contribution < 1.29 is 14.4 Å². The van der Waals surface area contributed by atoms with E-state index in [1.54, 1.807) is 36.4 Å². The van der Waals surface area contributed by atoms with Gasteiger partial charge >= 0.3 is 4.87 Å². The quantitative estimate of drug-likeness (QED) is 0.216. The average molecular weight is 668 g/mol. The van der Waals surface area contributed by atoms with Crippen LogP contribution in [0.25, 0.3) is 0 Å². The number of carbonyl (C=O) groups excluding carboxylic acids is 3. The molecule has 3 aromatic carbocycles. The van der Waals surface area contributed by atoms with Crippen LogP contribution in [0.4, 0.5) is 17.1 Å². The molecule has 0 spiro atoms. The minimum atomic E-state index is -0.763. The number of imide groups is 1. The lowest BCUT2D eigenvalue weighted by Gasteiger charge is -2.31. The number of aromatic nitrogens is 1. The number of fused-ring (bicyclic) bond motifs is 2. The third-order valence-electron chi connectivity index (χ3n) is 7.95. The van der Waals surface area contributed by atoms with Gasteiger partial charge in [0.2, 0.25) is 17.7 Å². The Hall–Kier alpha value is -3.57. The van der Waals surface area contributed by atoms with E-state index in [4.69, 9.17) is 23.2 Å². The maximum Gasteiger partial charge on any atom is 0.308 e. The van der Waals surface area contributed by atoms with Crippen molar-refractivity contribution >= 4 is 81.1 Å². The fourth-order valence-electron chi connectivity index (χ4n) is 5.85. The number of amides is 3. The highest BCUT2D eigenvalue weighted by Gasteiger charge is 2.56. The van der Waals surface area contributed by atoms with E-state index in [1.165, 1.54) is 27.3 Å². The Morgan fingerprint density at radius 1 is 0.909 bits per heavy atom. The Labute approximate surface area is 272 Å². The van der Waals surface area contributed by atoms with Crippen molar-refractivity contribution in [3.8, 4) is 0 Å². The van der Waals surface area contributed by atoms with Crippen LogP contribution < -0.4 is 20.0 Å². The number of halogens is 2. The van der Waals surface area contributed by atoms with Gasteiger partial charge in [0, 0.05) is 35.3 Å². The second-order valence-corrected chi connectivity index (χ2v) is 13.4. The molecule has 0 aliphatic carbocycles. The molecule has 1 saturated heterocycles. The number of thiazole rings is 1. The van der Waals surface area contributed by atoms with Gasteiger partial charge in [-0.1, -0.05) is 76.6 Å². The van der Waals surface area contributed by atoms with Crippen molar-refractivity contribution in [2.75, 3.05) is 28.2 Å². The molecule has 44 heavy (non-hydrogen) atoms. The van der Waals surface area contributed by atoms with E-state index in [9.17, 15) is 19.2 Å². The molecule has 1 N–H and O–H groups in total. The molecule has 8 nitrogen and oxygen atoms in total. The van der Waals surface area contributed by atoms with E-state index in [0.29, 0.717) is 31.3 Å². The number of carbonyl (C=O) groups is 3. The first-order chi connectivity index (χ1) is 21.2. The second kappa shape index (κ2) is 12.4. The number of anilines is 3. The van der Waals surface area contributed by atoms with E-state index in [1.807, 2.05) is 30.3 Å². The van der Waals surface area contributed by atoms with Crippen molar-refractivity contribution in [2.45, 2.75) is 36.6 Å². The number of hydrogen-bond donors (Lipinski definition) is 1. The van der Waals surface area contributed by atoms with E-state index in [0.717, 1.165) is 35.7 Å². The number of nitrogens with zero attached hydrogens (tertiary/aromatic N) is 3. The summed E-state index contributed by atoms with van der Waals surface area (Å²) in [5.74, 6) is -2.32. The Morgan fingerprint density at radius 3 is 2.27 bits per heavy atom. The summed E-state index contributed by atoms with van der Waals surface area (Å²) < 4.78 is 1.40. The zero-order chi connectivity index (χ0) is 31.1. The lowest BCUT2D eigenvalue weighted by Crippen LogP contribution is -2.33. The smallest absolute Gasteiger partial charge is 0.308 e. The predicted octanol–water partition coefficient (Wildman–Crippen LogP) is 6.50. The van der Waals surface area contributed by atoms with Crippen molar-refractivity contribution in [1.82, 2.24) is 4.57 Å². The molecule has 226 valence electrons. The van der Waals surface area contributed by atoms with Gasteiger partial charge in [0.25, 0.3) is 0 Å². The fourth-order valence-corrected chi connectivity index (χ4v) is 8.92. The van der Waals surface area contributed by atoms with Gasteiger partial charge in [0.1, 0.15) is 11.8 Å². The Morgan fingerprint density at radius 2 is 1.61 bits per heavy atom. The first-order valence-electron chi connectivity index (χ1n) is 14.1. The SMILES string of the molecule is CCN(CC)c1ccc(C2c3sc(=O)n(CC(=O)Nc4ccc(Cl)c(Cl)c4)c3SC3C(=O)N(c4ccccc4)C(=O)C32)cc1. The minimum Gasteiger partial charge on any atom is -0.372 e. The molecule has 1 fully saturated rings. The molecule has 0 radical (unpaired) electrons. The van der Waals surface area contributed by atoms with Crippen LogP contribution in [0.5, 0.6) is 0 Å². The standard InChI is InChI=1S/C32H28Cl2N4O4S2/c1-3-36(4-2)20-13-10-18(11-14-20)25-26-27(30(41)38(29(26)40)21-8-6-5-7-9-21)43-31-28(25)44-32(42)37(31)17-24(39)35-19-12-15-22(33)23(34)16-19/h5-16,25-27H,3-4,17H2,1-2H3,(H,35,39). The van der Waals surface area contributed by atoms with Gasteiger partial charge in [-0.2, -0.15) is 0 Å². The third kappa shape index (κ3) is 5.45. The first-order valence-corrected chi connectivity index (χ1v) is 16.6. The van der Waals surface area contributed by atoms with Crippen LogP contribution in [0.1, 0.15) is 30.2 Å². The van der Waals surface area contributed by atoms with Crippen LogP contribution in [0.3, 0.4) is 0 Å². The fraction of sp³-hybridized carbons (Fsp3) is 0.250. The Kier molecular flexibility index (Phi) is 8.61. The van der Waals surface area contributed by atoms with Crippen molar-refractivity contribution in [1.29, 1.82) is 0 Å². The molecule has 0 saturated carbocycles. The van der Waals surface area contributed by atoms with E-state index in [-0.39, 0.29) is 23.2 Å². The van der Waals surface area contributed by atoms with E-state index < -0.39 is 23.0 Å². The molecule has 1 aromatic heterocycles. The number of nitrogens with one attached hydrogen (secondary N) is 1. The summed E-state index contributed by atoms with van der Waals surface area (Å²) in [6.45, 7) is 5.60. The van der Waals surface area contributed by atoms with Crippen LogP contribution in [0.2, 0.25) is 10.0 Å². The molecule has 0 bridgehead atoms. The van der Waals surface area contributed by atoms with Crippen molar-refractivity contribution in [2.24, 2.45) is 5.92 Å². The Bertz CT molecular complexity index is 1810. The second-order valence-electron chi connectivity index (χ2n) is 10.5. The summed E-state index contributed by atoms with van der Waals surface area (Å²) in [6.07, 6.45) is 0. The molecule has 3 atom stereocenters. The molecule has 3 unspecified atom stereocenters. The van der Waals surface area contributed by atoms with Crippen LogP contribution in [0, 0.1) is 5.92 Å². The number of benzene rings is 3. The van der Waals surface area contributed by atoms with Crippen LogP contribution in [0.15, 0.2) is 82.6 Å². The highest BCUT2D eigenvalue weighted by Crippen LogP contribution is 2.54. The van der Waals surface area contributed by atoms with E-state index in [2.05, 4.69) is 24.1 Å². The number of thioether (sulfide) groups is 1. The molecular formula is C32H28Cl2N4O4S2. The van der Waals surface area contributed by atoms with Gasteiger partial charge in [-0.05, 0) is 61.9 Å². The van der Waals surface area contributed by atoms with E-state index >= 15 is 0 Å². The lowest BCUT2D eigenvalue weighted by molar-refractivity contribution is -0.122. The van der Waals surface area contributed by atoms with Crippen LogP contribution in [-0.2, 0) is 20.9 Å². The zero-order valence-corrected chi connectivity index (χ0v) is 27.0. The van der Waals surface area contributed by atoms with Gasteiger partial charge in [-0.3, -0.25) is 23.7 Å². The Balaban J connectivity index is 1.40. The van der Waals surface area contributed by atoms with Crippen molar-refractivity contribution in [3.63, 3.8) is 0 Å². The average Bonchev–Trinajstić information content (AvgIpc) is 3.46. The molecule has 3 heterocycles. The van der Waals surface area contributed by atoms with Gasteiger partial charge < -0.3 is 10.2 Å². The summed E-state index contributed by atoms with van der Waals surface area (Å²) in [4.78, 5) is 58.3. The minimum absolute atomic E-state index is 0.270. The highest BCUT2D eigenvalue weighted by atomic mass is 35.5. The summed E-state index contributed by atoms with van der Waals surface area (Å²) in [7, 11) is 0. The lowest BCUT2D eigenvalue weighted by atomic mass is 9.83. The number of rotatable bonds is 8. The highest BCUT2D eigenvalue weighted by molar-refractivity contribution is 8.00. The summed E-state index contributed by atoms with van der Waals surface area (Å²) in [5, 5.41) is 3.17. The molecule has 2 aliphatic heterocycles. The summed E-state index contributed by atoms with van der Waals surface area (Å²) in [5.41, 5.74) is 2.83. The van der Waals surface area contributed by atoms with Crippen LogP contribution in [-0.4, -0.2) is 40.6 Å². The molecular weight excluding hydrogens is 639 g/mol. The summed E-state index contributed by atoms with van der Waals surface area (Å²) in [6, 6.07) is 21.6. The topological polar surface area (TPSA) is 91.7 Å². The van der Waals surface area contributed by atoms with Crippen molar-refractivity contribution in [3.05, 3.63) is 103 Å². The third-order valence-corrected chi connectivity index (χ3v) is 11.3. The van der Waals surface area contributed by atoms with Gasteiger partial charge in [-0.15, -0.1) is 0 Å². The van der Waals surface area contributed by atoms with Gasteiger partial charge in [-0.25, -0.2) is 4.90 Å². The summed E-state index contributed by atoms with van der Waals surface area (Å²) >= 11 is 14.3. The van der Waals surface area contributed by atoms with Crippen LogP contribution >= 0.6 is 46.3 Å². The largest absolute Gasteiger partial charge is 0.372 e. The maximum atomic E-state index is 14.1. The first kappa shape index (κ1) is 30.5. The molecule has 6 rings (SSSR count). The van der Waals surface area contributed by atoms with Gasteiger partial charge in [0.15, 0.2) is 0 Å². The normalized spacial score (nSPS) is 19.1. The monoisotopic (exact) mass is 666 g/mol. The molecule has 3 amide bonds. The van der Waals surface area contributed by atoms with Gasteiger partial charge in [0.05, 0.1) is 26.7 Å². The number of para-hydroxylation sites is 1. The zero-order valence-electron chi connectivity index (χ0n) is 23.8.